The van der Waals surface area contributed by atoms with Gasteiger partial charge in [0.05, 0.1) is 0 Å². The topological polar surface area (TPSA) is 92.2 Å². The van der Waals surface area contributed by atoms with Crippen LogP contribution in [0.25, 0.3) is 0 Å². The molecule has 1 unspecified atom stereocenters. The van der Waals surface area contributed by atoms with Crippen molar-refractivity contribution < 1.29 is 8.76 Å². The first-order valence-electron chi connectivity index (χ1n) is 1.61. The Bertz CT molecular complexity index is 86.2. The highest BCUT2D eigenvalue weighted by atomic mass is 32.2. The van der Waals surface area contributed by atoms with Crippen molar-refractivity contribution in [2.45, 2.75) is 11.9 Å². The van der Waals surface area contributed by atoms with Gasteiger partial charge in [0, 0.05) is 0 Å². The van der Waals surface area contributed by atoms with Gasteiger partial charge in [-0.25, -0.2) is 0 Å². The predicted octanol–water partition coefficient (Wildman–Crippen LogP) is -1.54. The minimum absolute atomic E-state index is 1.20. The van der Waals surface area contributed by atoms with Crippen LogP contribution in [0.3, 0.4) is 0 Å². The third kappa shape index (κ3) is 2.69. The molecule has 0 radical (unpaired) electrons. The second-order valence-corrected chi connectivity index (χ2v) is 2.77. The number of hydrogen-bond donors (Lipinski definition) is 2. The Morgan fingerprint density at radius 3 is 1.86 bits per heavy atom. The summed E-state index contributed by atoms with van der Waals surface area (Å²) in [4.78, 5) is -1.58. The molecule has 7 heavy (non-hydrogen) atoms. The molecule has 0 aromatic heterocycles. The third-order valence-electron chi connectivity index (χ3n) is 0.359. The van der Waals surface area contributed by atoms with Crippen LogP contribution in [0.2, 0.25) is 0 Å². The summed E-state index contributed by atoms with van der Waals surface area (Å²) in [5.41, 5.74) is 9.69. The summed E-state index contributed by atoms with van der Waals surface area (Å²) in [5, 5.41) is 0. The van der Waals surface area contributed by atoms with E-state index in [4.69, 9.17) is 11.5 Å². The van der Waals surface area contributed by atoms with E-state index in [1.807, 2.05) is 0 Å². The van der Waals surface area contributed by atoms with Crippen LogP contribution in [0, 0.1) is 0 Å². The third-order valence-corrected chi connectivity index (χ3v) is 1.08. The van der Waals surface area contributed by atoms with E-state index in [1.165, 1.54) is 6.92 Å². The van der Waals surface area contributed by atoms with E-state index < -0.39 is 16.1 Å². The molecule has 44 valence electrons. The van der Waals surface area contributed by atoms with Gasteiger partial charge in [-0.15, -0.1) is 0 Å². The predicted molar refractivity (Wildman–Crippen MR) is 25.7 cm³/mol. The lowest BCUT2D eigenvalue weighted by Crippen LogP contribution is -2.49. The number of rotatable bonds is 1. The van der Waals surface area contributed by atoms with Gasteiger partial charge in [0.1, 0.15) is 4.99 Å². The normalized spacial score (nSPS) is 16.6. The second kappa shape index (κ2) is 1.87. The largest absolute Gasteiger partial charge is 0.770 e. The highest BCUT2D eigenvalue weighted by Gasteiger charge is 2.09. The van der Waals surface area contributed by atoms with Crippen molar-refractivity contribution in [1.29, 1.82) is 0 Å². The molecule has 0 rings (SSSR count). The fourth-order valence-corrected chi connectivity index (χ4v) is 0. The quantitative estimate of drug-likeness (QED) is 0.326. The van der Waals surface area contributed by atoms with Gasteiger partial charge in [-0.3, -0.25) is 4.21 Å². The van der Waals surface area contributed by atoms with Crippen LogP contribution < -0.4 is 11.5 Å². The Morgan fingerprint density at radius 1 is 1.71 bits per heavy atom. The van der Waals surface area contributed by atoms with Crippen molar-refractivity contribution in [3.63, 3.8) is 0 Å². The average Bonchev–Trinajstić information content (AvgIpc) is 1.31. The molecular weight excluding hydrogens is 116 g/mol. The van der Waals surface area contributed by atoms with Gasteiger partial charge in [0.25, 0.3) is 0 Å². The maximum atomic E-state index is 9.77. The Morgan fingerprint density at radius 2 is 1.86 bits per heavy atom. The van der Waals surface area contributed by atoms with E-state index in [0.29, 0.717) is 0 Å². The summed E-state index contributed by atoms with van der Waals surface area (Å²) in [6.45, 7) is 1.20. The van der Waals surface area contributed by atoms with Crippen molar-refractivity contribution in [3.05, 3.63) is 0 Å². The van der Waals surface area contributed by atoms with E-state index in [-0.39, 0.29) is 0 Å². The summed E-state index contributed by atoms with van der Waals surface area (Å²) in [6, 6.07) is 0. The first kappa shape index (κ1) is 7.03. The van der Waals surface area contributed by atoms with E-state index in [2.05, 4.69) is 0 Å². The van der Waals surface area contributed by atoms with Crippen LogP contribution in [-0.2, 0) is 11.1 Å². The van der Waals surface area contributed by atoms with Crippen LogP contribution in [0.4, 0.5) is 0 Å². The van der Waals surface area contributed by atoms with Crippen LogP contribution in [0.15, 0.2) is 0 Å². The van der Waals surface area contributed by atoms with Gasteiger partial charge >= 0.3 is 0 Å². The first-order chi connectivity index (χ1) is 2.94. The average molecular weight is 123 g/mol. The van der Waals surface area contributed by atoms with Crippen molar-refractivity contribution in [2.24, 2.45) is 11.5 Å². The molecule has 1 atom stereocenters. The molecule has 0 aliphatic rings. The van der Waals surface area contributed by atoms with E-state index in [9.17, 15) is 8.76 Å². The van der Waals surface area contributed by atoms with Gasteiger partial charge in [0.15, 0.2) is 0 Å². The SMILES string of the molecule is CC(N)(N)S(=O)[O-]. The minimum atomic E-state index is -2.38. The van der Waals surface area contributed by atoms with Gasteiger partial charge in [-0.05, 0) is 18.0 Å². The molecule has 0 aromatic rings. The zero-order valence-electron chi connectivity index (χ0n) is 3.88. The lowest BCUT2D eigenvalue weighted by atomic mass is 10.6. The fraction of sp³-hybridized carbons (Fsp3) is 1.00. The summed E-state index contributed by atoms with van der Waals surface area (Å²) >= 11 is -2.38. The molecule has 0 amide bonds. The molecule has 0 saturated heterocycles. The van der Waals surface area contributed by atoms with Gasteiger partial charge in [0.2, 0.25) is 0 Å². The Hall–Kier alpha value is 0.0300. The lowest BCUT2D eigenvalue weighted by Gasteiger charge is -2.20. The molecule has 4 N–H and O–H groups in total. The molecule has 0 spiro atoms. The molecule has 0 heterocycles. The van der Waals surface area contributed by atoms with Crippen molar-refractivity contribution >= 4 is 11.1 Å². The van der Waals surface area contributed by atoms with E-state index >= 15 is 0 Å². The zero-order chi connectivity index (χ0) is 6.08. The van der Waals surface area contributed by atoms with Gasteiger partial charge in [-0.2, -0.15) is 0 Å². The maximum Gasteiger partial charge on any atom is 0.125 e. The molecule has 0 aromatic carbocycles. The van der Waals surface area contributed by atoms with Crippen LogP contribution in [-0.4, -0.2) is 13.8 Å². The highest BCUT2D eigenvalue weighted by molar-refractivity contribution is 7.80. The van der Waals surface area contributed by atoms with Crippen LogP contribution >= 0.6 is 0 Å². The van der Waals surface area contributed by atoms with Crippen molar-refractivity contribution in [1.82, 2.24) is 0 Å². The summed E-state index contributed by atoms with van der Waals surface area (Å²) in [5.74, 6) is 0. The monoisotopic (exact) mass is 123 g/mol. The fourth-order valence-electron chi connectivity index (χ4n) is 0. The Labute approximate surface area is 44.2 Å². The summed E-state index contributed by atoms with van der Waals surface area (Å²) in [6.07, 6.45) is 0. The van der Waals surface area contributed by atoms with E-state index in [1.54, 1.807) is 0 Å². The lowest BCUT2D eigenvalue weighted by molar-refractivity contribution is 0.492. The molecule has 4 nitrogen and oxygen atoms in total. The number of nitrogens with two attached hydrogens (primary N) is 2. The van der Waals surface area contributed by atoms with Crippen molar-refractivity contribution in [3.8, 4) is 0 Å². The minimum Gasteiger partial charge on any atom is -0.770 e. The Kier molecular flexibility index (Phi) is 1.88. The van der Waals surface area contributed by atoms with Gasteiger partial charge in [-0.1, -0.05) is 0 Å². The molecule has 0 bridgehead atoms. The summed E-state index contributed by atoms with van der Waals surface area (Å²) in [7, 11) is 0. The molecule has 0 saturated carbocycles. The zero-order valence-corrected chi connectivity index (χ0v) is 4.70. The molecule has 0 aliphatic heterocycles. The van der Waals surface area contributed by atoms with Crippen LogP contribution in [0.5, 0.6) is 0 Å². The second-order valence-electron chi connectivity index (χ2n) is 1.42. The van der Waals surface area contributed by atoms with Crippen molar-refractivity contribution in [2.75, 3.05) is 0 Å². The molecule has 0 fully saturated rings. The highest BCUT2D eigenvalue weighted by Crippen LogP contribution is 1.89. The number of hydrogen-bond acceptors (Lipinski definition) is 4. The standard InChI is InChI=1S/C2H8N2O2S/c1-2(3,4)7(5)6/h3-4H2,1H3,(H,5,6)/p-1. The van der Waals surface area contributed by atoms with Gasteiger partial charge < -0.3 is 16.0 Å². The molecule has 5 heteroatoms. The summed E-state index contributed by atoms with van der Waals surface area (Å²) < 4.78 is 19.5. The first-order valence-corrected chi connectivity index (χ1v) is 2.69. The molecular formula is C2H7N2O2S-. The molecule has 0 aliphatic carbocycles. The smallest absolute Gasteiger partial charge is 0.125 e. The van der Waals surface area contributed by atoms with Crippen LogP contribution in [0.1, 0.15) is 6.92 Å². The van der Waals surface area contributed by atoms with E-state index in [0.717, 1.165) is 0 Å². The Balaban J connectivity index is 3.79. The maximum absolute atomic E-state index is 9.77.